The number of alkyl halides is 1. The van der Waals surface area contributed by atoms with E-state index in [1.54, 1.807) is 12.1 Å². The Morgan fingerprint density at radius 1 is 1.29 bits per heavy atom. The second-order valence-corrected chi connectivity index (χ2v) is 5.33. The Hall–Kier alpha value is -1.50. The quantitative estimate of drug-likeness (QED) is 0.580. The summed E-state index contributed by atoms with van der Waals surface area (Å²) in [4.78, 5) is 10.4. The van der Waals surface area contributed by atoms with Crippen molar-refractivity contribution >= 4 is 10.0 Å². The molecule has 0 aliphatic carbocycles. The fraction of sp³-hybridized carbons (Fsp3) is 0.400. The average molecular weight is 259 g/mol. The van der Waals surface area contributed by atoms with E-state index in [0.29, 0.717) is 4.41 Å². The maximum absolute atomic E-state index is 12.0. The van der Waals surface area contributed by atoms with E-state index < -0.39 is 16.7 Å². The van der Waals surface area contributed by atoms with Crippen LogP contribution in [0, 0.1) is 11.8 Å². The van der Waals surface area contributed by atoms with Gasteiger partial charge in [0.1, 0.15) is 0 Å². The van der Waals surface area contributed by atoms with Gasteiger partial charge < -0.3 is 0 Å². The van der Waals surface area contributed by atoms with Crippen molar-refractivity contribution < 1.29 is 12.8 Å². The second kappa shape index (κ2) is 5.72. The predicted molar refractivity (Wildman–Crippen MR) is 61.5 cm³/mol. The van der Waals surface area contributed by atoms with E-state index in [2.05, 4.69) is 5.29 Å². The summed E-state index contributed by atoms with van der Waals surface area (Å²) in [5.74, 6) is 0. The molecule has 0 bridgehead atoms. The number of nitrogens with zero attached hydrogens (tertiary/aromatic N) is 2. The topological polar surface area (TPSA) is 66.8 Å². The Balaban J connectivity index is 2.99. The molecule has 0 unspecified atom stereocenters. The third-order valence-corrected chi connectivity index (χ3v) is 3.84. The molecular weight excluding hydrogens is 246 g/mol. The lowest BCUT2D eigenvalue weighted by molar-refractivity contribution is 0.380. The highest BCUT2D eigenvalue weighted by atomic mass is 32.2. The molecule has 0 heterocycles. The molecule has 0 saturated carbocycles. The van der Waals surface area contributed by atoms with E-state index >= 15 is 0 Å². The molecule has 0 saturated heterocycles. The standard InChI is InChI=1S/C10H13FN2O3S/c1-9-3-5-10(6-4-9)17(15,16)13(12-14)8-2-7-11/h3-6H,2,7-8H2,1H3/i11-1. The summed E-state index contributed by atoms with van der Waals surface area (Å²) in [6.45, 7) is 0.862. The van der Waals surface area contributed by atoms with Crippen molar-refractivity contribution in [2.24, 2.45) is 5.29 Å². The molecule has 5 nitrogen and oxygen atoms in total. The Bertz CT molecular complexity index is 473. The first-order chi connectivity index (χ1) is 8.02. The number of nitroso groups, excluding NO2 is 1. The third kappa shape index (κ3) is 3.23. The highest BCUT2D eigenvalue weighted by Gasteiger charge is 2.23. The van der Waals surface area contributed by atoms with Crippen LogP contribution < -0.4 is 0 Å². The van der Waals surface area contributed by atoms with Crippen LogP contribution in [0.4, 0.5) is 4.39 Å². The maximum atomic E-state index is 12.0. The van der Waals surface area contributed by atoms with E-state index in [1.165, 1.54) is 12.1 Å². The van der Waals surface area contributed by atoms with Gasteiger partial charge in [-0.2, -0.15) is 12.8 Å². The Kier molecular flexibility index (Phi) is 4.56. The van der Waals surface area contributed by atoms with Gasteiger partial charge in [-0.15, -0.1) is 4.91 Å². The minimum absolute atomic E-state index is 0.0263. The Morgan fingerprint density at radius 3 is 2.35 bits per heavy atom. The molecule has 0 amide bonds. The summed E-state index contributed by atoms with van der Waals surface area (Å²) in [5, 5.41) is 2.42. The number of rotatable bonds is 6. The summed E-state index contributed by atoms with van der Waals surface area (Å²) in [7, 11) is -3.95. The number of sulfonamides is 1. The highest BCUT2D eigenvalue weighted by Crippen LogP contribution is 2.16. The SMILES string of the molecule is Cc1ccc(S(=O)(=O)N(CCC[18F])N=O)cc1. The molecule has 0 fully saturated rings. The molecule has 0 aliphatic rings. The fourth-order valence-corrected chi connectivity index (χ4v) is 2.41. The summed E-state index contributed by atoms with van der Waals surface area (Å²) in [6.07, 6.45) is -0.0587. The van der Waals surface area contributed by atoms with Gasteiger partial charge in [0, 0.05) is 0 Å². The average Bonchev–Trinajstić information content (AvgIpc) is 2.30. The van der Waals surface area contributed by atoms with E-state index in [4.69, 9.17) is 0 Å². The molecule has 0 spiro atoms. The zero-order valence-electron chi connectivity index (χ0n) is 9.34. The van der Waals surface area contributed by atoms with Gasteiger partial charge in [0.2, 0.25) is 0 Å². The monoisotopic (exact) mass is 259 g/mol. The van der Waals surface area contributed by atoms with Gasteiger partial charge in [-0.3, -0.25) is 4.39 Å². The van der Waals surface area contributed by atoms with Crippen molar-refractivity contribution in [1.29, 1.82) is 0 Å². The zero-order chi connectivity index (χ0) is 12.9. The lowest BCUT2D eigenvalue weighted by Crippen LogP contribution is -2.27. The molecule has 1 rings (SSSR count). The lowest BCUT2D eigenvalue weighted by Gasteiger charge is -2.14. The van der Waals surface area contributed by atoms with Crippen LogP contribution in [0.3, 0.4) is 0 Å². The van der Waals surface area contributed by atoms with Crippen molar-refractivity contribution in [1.82, 2.24) is 4.41 Å². The van der Waals surface area contributed by atoms with Crippen LogP contribution in [0.2, 0.25) is 0 Å². The van der Waals surface area contributed by atoms with E-state index in [9.17, 15) is 17.7 Å². The fourth-order valence-electron chi connectivity index (χ4n) is 1.23. The van der Waals surface area contributed by atoms with Crippen molar-refractivity contribution in [3.8, 4) is 0 Å². The summed E-state index contributed by atoms with van der Waals surface area (Å²) in [6, 6.07) is 6.01. The first kappa shape index (κ1) is 13.6. The van der Waals surface area contributed by atoms with Gasteiger partial charge in [0.25, 0.3) is 10.0 Å². The Labute approximate surface area is 99.2 Å². The molecule has 1 aromatic carbocycles. The smallest absolute Gasteiger partial charge is 0.251 e. The van der Waals surface area contributed by atoms with E-state index in [1.807, 2.05) is 6.92 Å². The molecule has 0 radical (unpaired) electrons. The minimum atomic E-state index is -3.95. The summed E-state index contributed by atoms with van der Waals surface area (Å²) >= 11 is 0. The molecule has 0 aromatic heterocycles. The molecule has 7 heteroatoms. The van der Waals surface area contributed by atoms with Crippen molar-refractivity contribution in [2.45, 2.75) is 18.2 Å². The van der Waals surface area contributed by atoms with Gasteiger partial charge in [0.15, 0.2) is 0 Å². The number of aryl methyl sites for hydroxylation is 1. The molecule has 0 N–H and O–H groups in total. The van der Waals surface area contributed by atoms with Crippen LogP contribution in [0.1, 0.15) is 12.0 Å². The first-order valence-corrected chi connectivity index (χ1v) is 6.45. The van der Waals surface area contributed by atoms with Gasteiger partial charge in [-0.1, -0.05) is 17.7 Å². The lowest BCUT2D eigenvalue weighted by atomic mass is 10.2. The van der Waals surface area contributed by atoms with E-state index in [-0.39, 0.29) is 17.9 Å². The predicted octanol–water partition coefficient (Wildman–Crippen LogP) is 2.03. The van der Waals surface area contributed by atoms with Crippen LogP contribution in [-0.2, 0) is 10.0 Å². The Morgan fingerprint density at radius 2 is 1.88 bits per heavy atom. The van der Waals surface area contributed by atoms with Crippen LogP contribution >= 0.6 is 0 Å². The molecule has 94 valence electrons. The molecule has 1 aromatic rings. The number of benzene rings is 1. The van der Waals surface area contributed by atoms with Crippen molar-refractivity contribution in [3.63, 3.8) is 0 Å². The van der Waals surface area contributed by atoms with E-state index in [0.717, 1.165) is 5.56 Å². The highest BCUT2D eigenvalue weighted by molar-refractivity contribution is 7.89. The van der Waals surface area contributed by atoms with Crippen LogP contribution in [0.25, 0.3) is 0 Å². The van der Waals surface area contributed by atoms with Gasteiger partial charge in [-0.05, 0) is 25.5 Å². The van der Waals surface area contributed by atoms with Crippen molar-refractivity contribution in [2.75, 3.05) is 13.2 Å². The third-order valence-electron chi connectivity index (χ3n) is 2.17. The number of hydrogen-bond acceptors (Lipinski definition) is 4. The molecule has 0 atom stereocenters. The number of hydrogen-bond donors (Lipinski definition) is 0. The minimum Gasteiger partial charge on any atom is -0.251 e. The van der Waals surface area contributed by atoms with Gasteiger partial charge >= 0.3 is 0 Å². The zero-order valence-corrected chi connectivity index (χ0v) is 10.2. The van der Waals surface area contributed by atoms with Crippen LogP contribution in [0.5, 0.6) is 0 Å². The van der Waals surface area contributed by atoms with Crippen molar-refractivity contribution in [3.05, 3.63) is 34.7 Å². The van der Waals surface area contributed by atoms with Crippen LogP contribution in [0.15, 0.2) is 34.4 Å². The van der Waals surface area contributed by atoms with Gasteiger partial charge in [-0.25, -0.2) is 0 Å². The molecular formula is C10H13FN2O3S. The normalized spacial score (nSPS) is 11.2. The molecule has 0 aliphatic heterocycles. The first-order valence-electron chi connectivity index (χ1n) is 5.01. The molecule has 17 heavy (non-hydrogen) atoms. The largest absolute Gasteiger partial charge is 0.281 e. The summed E-state index contributed by atoms with van der Waals surface area (Å²) in [5.41, 5.74) is 0.901. The maximum Gasteiger partial charge on any atom is 0.281 e. The number of halogens is 1. The second-order valence-electron chi connectivity index (χ2n) is 3.49. The van der Waals surface area contributed by atoms with Gasteiger partial charge in [0.05, 0.1) is 23.4 Å². The summed E-state index contributed by atoms with van der Waals surface area (Å²) < 4.78 is 36.1. The van der Waals surface area contributed by atoms with Crippen LogP contribution in [-0.4, -0.2) is 26.1 Å².